The fourth-order valence-electron chi connectivity index (χ4n) is 3.70. The summed E-state index contributed by atoms with van der Waals surface area (Å²) in [5, 5.41) is 3.06. The van der Waals surface area contributed by atoms with Crippen molar-refractivity contribution in [3.8, 4) is 17.1 Å². The second-order valence-electron chi connectivity index (χ2n) is 6.58. The average molecular weight is 327 g/mol. The third-order valence-electron chi connectivity index (χ3n) is 4.86. The number of carbonyl (C=O) groups is 1. The lowest BCUT2D eigenvalue weighted by molar-refractivity contribution is 0.0875. The zero-order valence-electron chi connectivity index (χ0n) is 13.7. The van der Waals surface area contributed by atoms with Crippen LogP contribution in [0.3, 0.4) is 0 Å². The molecule has 6 nitrogen and oxygen atoms in total. The van der Waals surface area contributed by atoms with E-state index in [4.69, 9.17) is 9.15 Å². The highest BCUT2D eigenvalue weighted by molar-refractivity contribution is 5.90. The van der Waals surface area contributed by atoms with Gasteiger partial charge in [-0.3, -0.25) is 4.79 Å². The lowest BCUT2D eigenvalue weighted by Crippen LogP contribution is -2.47. The molecule has 3 heterocycles. The number of aromatic nitrogens is 1. The first-order chi connectivity index (χ1) is 11.7. The van der Waals surface area contributed by atoms with Gasteiger partial charge in [-0.25, -0.2) is 4.98 Å². The number of oxazole rings is 1. The molecule has 24 heavy (non-hydrogen) atoms. The summed E-state index contributed by atoms with van der Waals surface area (Å²) in [5.74, 6) is 1.88. The maximum atomic E-state index is 12.4. The van der Waals surface area contributed by atoms with E-state index in [9.17, 15) is 4.79 Å². The van der Waals surface area contributed by atoms with Gasteiger partial charge in [0, 0.05) is 24.7 Å². The van der Waals surface area contributed by atoms with Gasteiger partial charge in [0.2, 0.25) is 0 Å². The van der Waals surface area contributed by atoms with Crippen molar-refractivity contribution < 1.29 is 13.9 Å². The predicted molar refractivity (Wildman–Crippen MR) is 88.9 cm³/mol. The van der Waals surface area contributed by atoms with Crippen molar-refractivity contribution in [3.63, 3.8) is 0 Å². The molecular weight excluding hydrogens is 306 g/mol. The highest BCUT2D eigenvalue weighted by Gasteiger charge is 2.33. The molecule has 2 fully saturated rings. The number of ether oxygens (including phenoxy) is 1. The lowest BCUT2D eigenvalue weighted by atomic mass is 9.97. The molecule has 1 amide bonds. The number of benzene rings is 1. The van der Waals surface area contributed by atoms with Crippen molar-refractivity contribution in [1.82, 2.24) is 15.2 Å². The molecule has 2 aliphatic rings. The van der Waals surface area contributed by atoms with Crippen LogP contribution in [0.5, 0.6) is 5.75 Å². The zero-order valence-corrected chi connectivity index (χ0v) is 13.7. The molecule has 0 saturated carbocycles. The molecule has 4 rings (SSSR count). The Kier molecular flexibility index (Phi) is 3.98. The van der Waals surface area contributed by atoms with E-state index in [1.165, 1.54) is 13.0 Å². The SMILES string of the molecule is COc1cccc(-c2cnc(C(=O)N[C@@H]3C[C@H]4CCN(C4)C3)o2)c1. The number of nitrogens with one attached hydrogen (secondary N) is 1. The summed E-state index contributed by atoms with van der Waals surface area (Å²) in [6.07, 6.45) is 3.87. The summed E-state index contributed by atoms with van der Waals surface area (Å²) in [6, 6.07) is 7.68. The molecule has 1 unspecified atom stereocenters. The average Bonchev–Trinajstić information content (AvgIpc) is 3.22. The molecule has 3 atom stereocenters. The largest absolute Gasteiger partial charge is 0.497 e. The number of amides is 1. The van der Waals surface area contributed by atoms with Crippen LogP contribution in [0.2, 0.25) is 0 Å². The summed E-state index contributed by atoms with van der Waals surface area (Å²) in [4.78, 5) is 19.0. The normalized spacial score (nSPS) is 25.5. The standard InChI is InChI=1S/C18H21N3O3/c1-23-15-4-2-3-13(8-15)16-9-19-18(24-16)17(22)20-14-7-12-5-6-21(10-12)11-14/h2-4,8-9,12,14H,5-7,10-11H2,1H3,(H,20,22)/t12-,14-/m1/s1. The van der Waals surface area contributed by atoms with Crippen molar-refractivity contribution >= 4 is 5.91 Å². The first kappa shape index (κ1) is 15.2. The topological polar surface area (TPSA) is 67.6 Å². The van der Waals surface area contributed by atoms with E-state index in [0.29, 0.717) is 11.7 Å². The summed E-state index contributed by atoms with van der Waals surface area (Å²) < 4.78 is 10.9. The van der Waals surface area contributed by atoms with Crippen LogP contribution >= 0.6 is 0 Å². The Balaban J connectivity index is 1.45. The van der Waals surface area contributed by atoms with Crippen molar-refractivity contribution in [1.29, 1.82) is 0 Å². The third-order valence-corrected chi connectivity index (χ3v) is 4.86. The molecule has 2 bridgehead atoms. The molecule has 1 N–H and O–H groups in total. The number of fused-ring (bicyclic) bond motifs is 2. The molecule has 2 aromatic rings. The fraction of sp³-hybridized carbons (Fsp3) is 0.444. The molecule has 0 radical (unpaired) electrons. The molecular formula is C18H21N3O3. The van der Waals surface area contributed by atoms with Crippen molar-refractivity contribution in [2.75, 3.05) is 26.7 Å². The highest BCUT2D eigenvalue weighted by Crippen LogP contribution is 2.27. The van der Waals surface area contributed by atoms with Gasteiger partial charge < -0.3 is 19.4 Å². The Morgan fingerprint density at radius 3 is 3.17 bits per heavy atom. The van der Waals surface area contributed by atoms with Crippen LogP contribution in [0.1, 0.15) is 23.5 Å². The third kappa shape index (κ3) is 3.01. The van der Waals surface area contributed by atoms with E-state index >= 15 is 0 Å². The summed E-state index contributed by atoms with van der Waals surface area (Å²) in [5.41, 5.74) is 0.836. The van der Waals surface area contributed by atoms with Gasteiger partial charge >= 0.3 is 5.91 Å². The zero-order chi connectivity index (χ0) is 16.5. The van der Waals surface area contributed by atoms with E-state index in [1.54, 1.807) is 13.3 Å². The monoisotopic (exact) mass is 327 g/mol. The Bertz CT molecular complexity index is 731. The number of piperidine rings is 1. The van der Waals surface area contributed by atoms with Gasteiger partial charge in [0.15, 0.2) is 5.76 Å². The first-order valence-corrected chi connectivity index (χ1v) is 8.35. The highest BCUT2D eigenvalue weighted by atomic mass is 16.5. The maximum absolute atomic E-state index is 12.4. The molecule has 126 valence electrons. The van der Waals surface area contributed by atoms with Gasteiger partial charge in [-0.1, -0.05) is 12.1 Å². The molecule has 2 saturated heterocycles. The number of hydrogen-bond donors (Lipinski definition) is 1. The molecule has 1 aromatic carbocycles. The van der Waals surface area contributed by atoms with Crippen molar-refractivity contribution in [2.45, 2.75) is 18.9 Å². The Morgan fingerprint density at radius 1 is 1.42 bits per heavy atom. The number of nitrogens with zero attached hydrogens (tertiary/aromatic N) is 2. The minimum atomic E-state index is -0.239. The minimum absolute atomic E-state index is 0.112. The number of rotatable bonds is 4. The van der Waals surface area contributed by atoms with E-state index in [2.05, 4.69) is 15.2 Å². The maximum Gasteiger partial charge on any atom is 0.307 e. The first-order valence-electron chi connectivity index (χ1n) is 8.35. The Hall–Kier alpha value is -2.34. The van der Waals surface area contributed by atoms with E-state index in [-0.39, 0.29) is 17.8 Å². The van der Waals surface area contributed by atoms with Crippen molar-refractivity contribution in [2.24, 2.45) is 5.92 Å². The van der Waals surface area contributed by atoms with Crippen LogP contribution in [-0.2, 0) is 0 Å². The van der Waals surface area contributed by atoms with Gasteiger partial charge in [-0.05, 0) is 37.4 Å². The minimum Gasteiger partial charge on any atom is -0.497 e. The van der Waals surface area contributed by atoms with Crippen LogP contribution in [-0.4, -0.2) is 48.6 Å². The second kappa shape index (κ2) is 6.28. The van der Waals surface area contributed by atoms with E-state index < -0.39 is 0 Å². The fourth-order valence-corrected chi connectivity index (χ4v) is 3.70. The predicted octanol–water partition coefficient (Wildman–Crippen LogP) is 2.17. The van der Waals surface area contributed by atoms with Crippen molar-refractivity contribution in [3.05, 3.63) is 36.4 Å². The van der Waals surface area contributed by atoms with Crippen LogP contribution in [0.15, 0.2) is 34.9 Å². The molecule has 1 aromatic heterocycles. The van der Waals surface area contributed by atoms with Gasteiger partial charge in [0.1, 0.15) is 5.75 Å². The lowest BCUT2D eigenvalue weighted by Gasteiger charge is -2.30. The van der Waals surface area contributed by atoms with Crippen LogP contribution in [0, 0.1) is 5.92 Å². The van der Waals surface area contributed by atoms with Gasteiger partial charge in [-0.2, -0.15) is 0 Å². The molecule has 0 aliphatic carbocycles. The van der Waals surface area contributed by atoms with Crippen LogP contribution in [0.4, 0.5) is 0 Å². The Morgan fingerprint density at radius 2 is 2.33 bits per heavy atom. The smallest absolute Gasteiger partial charge is 0.307 e. The van der Waals surface area contributed by atoms with Gasteiger partial charge in [0.05, 0.1) is 13.3 Å². The molecule has 6 heteroatoms. The quantitative estimate of drug-likeness (QED) is 0.932. The van der Waals surface area contributed by atoms with E-state index in [1.807, 2.05) is 24.3 Å². The van der Waals surface area contributed by atoms with Crippen LogP contribution < -0.4 is 10.1 Å². The Labute approximate surface area is 140 Å². The molecule has 2 aliphatic heterocycles. The van der Waals surface area contributed by atoms with Gasteiger partial charge in [0.25, 0.3) is 5.89 Å². The number of hydrogen-bond acceptors (Lipinski definition) is 5. The summed E-state index contributed by atoms with van der Waals surface area (Å²) in [6.45, 7) is 3.24. The summed E-state index contributed by atoms with van der Waals surface area (Å²) >= 11 is 0. The van der Waals surface area contributed by atoms with Gasteiger partial charge in [-0.15, -0.1) is 0 Å². The van der Waals surface area contributed by atoms with Crippen LogP contribution in [0.25, 0.3) is 11.3 Å². The summed E-state index contributed by atoms with van der Waals surface area (Å²) in [7, 11) is 1.62. The number of methoxy groups -OCH3 is 1. The number of carbonyl (C=O) groups excluding carboxylic acids is 1. The molecule has 0 spiro atoms. The van der Waals surface area contributed by atoms with E-state index in [0.717, 1.165) is 30.8 Å². The second-order valence-corrected chi connectivity index (χ2v) is 6.58.